The fourth-order valence-corrected chi connectivity index (χ4v) is 3.58. The van der Waals surface area contributed by atoms with Crippen molar-refractivity contribution in [3.8, 4) is 17.1 Å². The monoisotopic (exact) mass is 423 g/mol. The number of hydrogen-bond acceptors (Lipinski definition) is 8. The number of carbonyl (C=O) groups is 1. The molecule has 4 rings (SSSR count). The highest BCUT2D eigenvalue weighted by atomic mass is 16.5. The molecule has 9 nitrogen and oxygen atoms in total. The number of rotatable bonds is 6. The first kappa shape index (κ1) is 20.9. The first-order valence-corrected chi connectivity index (χ1v) is 10.3. The summed E-state index contributed by atoms with van der Waals surface area (Å²) >= 11 is 0. The normalized spacial score (nSPS) is 18.5. The van der Waals surface area contributed by atoms with E-state index in [0.29, 0.717) is 17.9 Å². The van der Waals surface area contributed by atoms with E-state index in [4.69, 9.17) is 9.26 Å². The van der Waals surface area contributed by atoms with Crippen LogP contribution in [0.1, 0.15) is 53.2 Å². The van der Waals surface area contributed by atoms with E-state index in [0.717, 1.165) is 36.1 Å². The number of pyridine rings is 1. The summed E-state index contributed by atoms with van der Waals surface area (Å²) in [6.07, 6.45) is 4.66. The van der Waals surface area contributed by atoms with Gasteiger partial charge in [0.2, 0.25) is 5.88 Å². The number of ether oxygens (including phenoxy) is 1. The Hall–Kier alpha value is -3.33. The van der Waals surface area contributed by atoms with Gasteiger partial charge in [-0.1, -0.05) is 18.0 Å². The maximum Gasteiger partial charge on any atom is 0.272 e. The van der Waals surface area contributed by atoms with E-state index in [9.17, 15) is 9.90 Å². The van der Waals surface area contributed by atoms with Gasteiger partial charge in [-0.2, -0.15) is 0 Å². The van der Waals surface area contributed by atoms with E-state index in [1.165, 1.54) is 0 Å². The molecule has 3 aromatic heterocycles. The Balaban J connectivity index is 1.39. The Morgan fingerprint density at radius 1 is 1.19 bits per heavy atom. The van der Waals surface area contributed by atoms with E-state index < -0.39 is 6.10 Å². The minimum absolute atomic E-state index is 0.178. The van der Waals surface area contributed by atoms with Crippen molar-refractivity contribution in [2.45, 2.75) is 58.3 Å². The molecule has 0 spiro atoms. The average molecular weight is 423 g/mol. The molecule has 31 heavy (non-hydrogen) atoms. The number of amides is 1. The molecule has 0 aromatic carbocycles. The average Bonchev–Trinajstić information content (AvgIpc) is 3.15. The lowest BCUT2D eigenvalue weighted by Crippen LogP contribution is -2.45. The van der Waals surface area contributed by atoms with Gasteiger partial charge in [0.15, 0.2) is 5.69 Å². The number of aryl methyl sites for hydroxylation is 2. The standard InChI is InChI=1S/C22H25N5O4/c1-13-7-8-15(11-23-13)21-16(14(2)31-27-21)12-30-20-10-9-18(25-26-20)22(29)24-17-5-3-4-6-19(17)28/h7-11,17,19,28H,3-6,12H2,1-2H3,(H,24,29)/t17-,19+/m0/s1. The van der Waals surface area contributed by atoms with Gasteiger partial charge in [-0.3, -0.25) is 9.78 Å². The molecule has 0 bridgehead atoms. The van der Waals surface area contributed by atoms with Gasteiger partial charge in [-0.15, -0.1) is 10.2 Å². The molecular formula is C22H25N5O4. The second kappa shape index (κ2) is 9.22. The molecule has 1 saturated carbocycles. The largest absolute Gasteiger partial charge is 0.472 e. The quantitative estimate of drug-likeness (QED) is 0.620. The number of nitrogens with one attached hydrogen (secondary N) is 1. The third-order valence-corrected chi connectivity index (χ3v) is 5.45. The highest BCUT2D eigenvalue weighted by Gasteiger charge is 2.25. The molecule has 1 amide bonds. The molecule has 3 heterocycles. The van der Waals surface area contributed by atoms with E-state index in [1.54, 1.807) is 18.3 Å². The summed E-state index contributed by atoms with van der Waals surface area (Å²) in [5, 5.41) is 24.9. The lowest BCUT2D eigenvalue weighted by molar-refractivity contribution is 0.0713. The highest BCUT2D eigenvalue weighted by molar-refractivity contribution is 5.92. The summed E-state index contributed by atoms with van der Waals surface area (Å²) in [6, 6.07) is 6.74. The lowest BCUT2D eigenvalue weighted by atomic mass is 9.92. The Morgan fingerprint density at radius 2 is 2.03 bits per heavy atom. The van der Waals surface area contributed by atoms with Crippen molar-refractivity contribution < 1.29 is 19.2 Å². The molecule has 1 aliphatic rings. The van der Waals surface area contributed by atoms with Crippen LogP contribution in [0, 0.1) is 13.8 Å². The van der Waals surface area contributed by atoms with Crippen molar-refractivity contribution >= 4 is 5.91 Å². The number of aromatic nitrogens is 4. The van der Waals surface area contributed by atoms with Gasteiger partial charge in [0, 0.05) is 23.5 Å². The predicted molar refractivity (Wildman–Crippen MR) is 111 cm³/mol. The molecule has 2 atom stereocenters. The van der Waals surface area contributed by atoms with Crippen LogP contribution in [0.4, 0.5) is 0 Å². The lowest BCUT2D eigenvalue weighted by Gasteiger charge is -2.28. The van der Waals surface area contributed by atoms with Crippen molar-refractivity contribution in [1.29, 1.82) is 0 Å². The van der Waals surface area contributed by atoms with E-state index in [2.05, 4.69) is 25.7 Å². The molecule has 1 aliphatic carbocycles. The van der Waals surface area contributed by atoms with Crippen LogP contribution in [0.25, 0.3) is 11.3 Å². The van der Waals surface area contributed by atoms with Crippen LogP contribution < -0.4 is 10.1 Å². The second-order valence-electron chi connectivity index (χ2n) is 7.73. The van der Waals surface area contributed by atoms with Gasteiger partial charge in [0.05, 0.1) is 17.7 Å². The van der Waals surface area contributed by atoms with Gasteiger partial charge in [0.25, 0.3) is 5.91 Å². The van der Waals surface area contributed by atoms with Crippen molar-refractivity contribution in [2.24, 2.45) is 0 Å². The second-order valence-corrected chi connectivity index (χ2v) is 7.73. The molecule has 0 unspecified atom stereocenters. The Kier molecular flexibility index (Phi) is 6.22. The summed E-state index contributed by atoms with van der Waals surface area (Å²) in [4.78, 5) is 16.7. The summed E-state index contributed by atoms with van der Waals surface area (Å²) in [6.45, 7) is 3.92. The van der Waals surface area contributed by atoms with Gasteiger partial charge in [-0.25, -0.2) is 0 Å². The number of aliphatic hydroxyl groups is 1. The molecule has 2 N–H and O–H groups in total. The zero-order valence-corrected chi connectivity index (χ0v) is 17.5. The zero-order valence-electron chi connectivity index (χ0n) is 17.5. The molecule has 0 radical (unpaired) electrons. The van der Waals surface area contributed by atoms with Crippen LogP contribution in [-0.2, 0) is 6.61 Å². The zero-order chi connectivity index (χ0) is 21.8. The van der Waals surface area contributed by atoms with Gasteiger partial charge in [-0.05, 0) is 44.9 Å². The van der Waals surface area contributed by atoms with E-state index in [-0.39, 0.29) is 30.1 Å². The van der Waals surface area contributed by atoms with Gasteiger partial charge in [0.1, 0.15) is 18.1 Å². The fourth-order valence-electron chi connectivity index (χ4n) is 3.58. The summed E-state index contributed by atoms with van der Waals surface area (Å²) < 4.78 is 11.1. The van der Waals surface area contributed by atoms with Crippen molar-refractivity contribution in [2.75, 3.05) is 0 Å². The summed E-state index contributed by atoms with van der Waals surface area (Å²) in [5.74, 6) is 0.572. The molecule has 1 fully saturated rings. The SMILES string of the molecule is Cc1ccc(-c2noc(C)c2COc2ccc(C(=O)N[C@H]3CCCC[C@H]3O)nn2)cn1. The molecular weight excluding hydrogens is 398 g/mol. The number of carbonyl (C=O) groups excluding carboxylic acids is 1. The Morgan fingerprint density at radius 3 is 2.74 bits per heavy atom. The van der Waals surface area contributed by atoms with E-state index in [1.807, 2.05) is 26.0 Å². The van der Waals surface area contributed by atoms with Crippen LogP contribution in [0.15, 0.2) is 35.0 Å². The maximum absolute atomic E-state index is 12.4. The minimum atomic E-state index is -0.516. The molecule has 162 valence electrons. The van der Waals surface area contributed by atoms with Crippen molar-refractivity contribution in [3.05, 3.63) is 53.2 Å². The topological polar surface area (TPSA) is 123 Å². The third kappa shape index (κ3) is 4.88. The highest BCUT2D eigenvalue weighted by Crippen LogP contribution is 2.26. The minimum Gasteiger partial charge on any atom is -0.472 e. The van der Waals surface area contributed by atoms with Crippen LogP contribution in [0.3, 0.4) is 0 Å². The smallest absolute Gasteiger partial charge is 0.272 e. The Labute approximate surface area is 179 Å². The van der Waals surface area contributed by atoms with Crippen molar-refractivity contribution in [3.63, 3.8) is 0 Å². The number of nitrogens with zero attached hydrogens (tertiary/aromatic N) is 4. The third-order valence-electron chi connectivity index (χ3n) is 5.45. The Bertz CT molecular complexity index is 1030. The summed E-state index contributed by atoms with van der Waals surface area (Å²) in [5.41, 5.74) is 3.39. The van der Waals surface area contributed by atoms with Gasteiger partial charge < -0.3 is 19.7 Å². The maximum atomic E-state index is 12.4. The van der Waals surface area contributed by atoms with Gasteiger partial charge >= 0.3 is 0 Å². The van der Waals surface area contributed by atoms with Crippen LogP contribution in [0.5, 0.6) is 5.88 Å². The van der Waals surface area contributed by atoms with E-state index >= 15 is 0 Å². The predicted octanol–water partition coefficient (Wildman–Crippen LogP) is 2.76. The van der Waals surface area contributed by atoms with Crippen LogP contribution >= 0.6 is 0 Å². The van der Waals surface area contributed by atoms with Crippen LogP contribution in [-0.4, -0.2) is 43.5 Å². The first-order valence-electron chi connectivity index (χ1n) is 10.3. The van der Waals surface area contributed by atoms with Crippen LogP contribution in [0.2, 0.25) is 0 Å². The molecule has 9 heteroatoms. The first-order chi connectivity index (χ1) is 15.0. The summed E-state index contributed by atoms with van der Waals surface area (Å²) in [7, 11) is 0. The molecule has 0 saturated heterocycles. The fraction of sp³-hybridized carbons (Fsp3) is 0.409. The number of aliphatic hydroxyl groups excluding tert-OH is 1. The number of hydrogen-bond donors (Lipinski definition) is 2. The van der Waals surface area contributed by atoms with Crippen molar-refractivity contribution in [1.82, 2.24) is 25.7 Å². The molecule has 3 aromatic rings. The molecule has 0 aliphatic heterocycles.